The highest BCUT2D eigenvalue weighted by molar-refractivity contribution is 5.86. The lowest BCUT2D eigenvalue weighted by Gasteiger charge is -2.34. The van der Waals surface area contributed by atoms with E-state index in [2.05, 4.69) is 51.5 Å². The van der Waals surface area contributed by atoms with Crippen molar-refractivity contribution in [2.75, 3.05) is 32.7 Å². The number of aromatic hydroxyl groups is 1. The van der Waals surface area contributed by atoms with Crippen molar-refractivity contribution in [3.8, 4) is 5.75 Å². The van der Waals surface area contributed by atoms with Crippen molar-refractivity contribution < 1.29 is 9.90 Å². The Labute approximate surface area is 172 Å². The SMILES string of the molecule is CCCc1cccc(/C=N/NC(=O)CN2CCN(Cc3ccccc3)CC2)c1O. The number of phenolic OH excluding ortho intramolecular Hbond substituents is 1. The minimum Gasteiger partial charge on any atom is -0.507 e. The van der Waals surface area contributed by atoms with E-state index in [4.69, 9.17) is 0 Å². The lowest BCUT2D eigenvalue weighted by molar-refractivity contribution is -0.122. The molecule has 0 aromatic heterocycles. The van der Waals surface area contributed by atoms with Crippen molar-refractivity contribution in [3.63, 3.8) is 0 Å². The molecule has 154 valence electrons. The third kappa shape index (κ3) is 6.41. The molecule has 6 nitrogen and oxygen atoms in total. The van der Waals surface area contributed by atoms with E-state index in [0.29, 0.717) is 12.1 Å². The third-order valence-electron chi connectivity index (χ3n) is 5.14. The molecule has 1 amide bonds. The Morgan fingerprint density at radius 1 is 1.07 bits per heavy atom. The summed E-state index contributed by atoms with van der Waals surface area (Å²) in [7, 11) is 0. The molecule has 0 bridgehead atoms. The van der Waals surface area contributed by atoms with Gasteiger partial charge < -0.3 is 5.11 Å². The van der Waals surface area contributed by atoms with Gasteiger partial charge in [0, 0.05) is 38.3 Å². The molecule has 1 saturated heterocycles. The fourth-order valence-corrected chi connectivity index (χ4v) is 3.55. The van der Waals surface area contributed by atoms with Crippen molar-refractivity contribution >= 4 is 12.1 Å². The van der Waals surface area contributed by atoms with E-state index in [1.165, 1.54) is 11.8 Å². The van der Waals surface area contributed by atoms with Crippen molar-refractivity contribution in [2.24, 2.45) is 5.10 Å². The second-order valence-corrected chi connectivity index (χ2v) is 7.44. The van der Waals surface area contributed by atoms with Crippen molar-refractivity contribution in [1.29, 1.82) is 0 Å². The summed E-state index contributed by atoms with van der Waals surface area (Å²) in [6, 6.07) is 16.0. The summed E-state index contributed by atoms with van der Waals surface area (Å²) in [5, 5.41) is 14.3. The minimum absolute atomic E-state index is 0.137. The van der Waals surface area contributed by atoms with Crippen molar-refractivity contribution in [3.05, 3.63) is 65.2 Å². The average Bonchev–Trinajstić information content (AvgIpc) is 2.73. The number of carbonyl (C=O) groups excluding carboxylic acids is 1. The van der Waals surface area contributed by atoms with Crippen LogP contribution in [0.5, 0.6) is 5.75 Å². The largest absolute Gasteiger partial charge is 0.507 e. The van der Waals surface area contributed by atoms with Crippen molar-refractivity contribution in [1.82, 2.24) is 15.2 Å². The van der Waals surface area contributed by atoms with Crippen LogP contribution in [0.3, 0.4) is 0 Å². The predicted octanol–water partition coefficient (Wildman–Crippen LogP) is 2.61. The fraction of sp³-hybridized carbons (Fsp3) is 0.391. The molecule has 2 aromatic carbocycles. The molecule has 6 heteroatoms. The lowest BCUT2D eigenvalue weighted by Crippen LogP contribution is -2.48. The van der Waals surface area contributed by atoms with E-state index in [0.717, 1.165) is 51.1 Å². The molecule has 0 radical (unpaired) electrons. The highest BCUT2D eigenvalue weighted by Crippen LogP contribution is 2.22. The second-order valence-electron chi connectivity index (χ2n) is 7.44. The van der Waals surface area contributed by atoms with E-state index < -0.39 is 0 Å². The van der Waals surface area contributed by atoms with E-state index in [1.54, 1.807) is 6.07 Å². The van der Waals surface area contributed by atoms with Gasteiger partial charge in [0.2, 0.25) is 0 Å². The van der Waals surface area contributed by atoms with Gasteiger partial charge in [0.05, 0.1) is 12.8 Å². The first-order valence-electron chi connectivity index (χ1n) is 10.3. The van der Waals surface area contributed by atoms with Crippen LogP contribution in [0.2, 0.25) is 0 Å². The van der Waals surface area contributed by atoms with Gasteiger partial charge in [-0.15, -0.1) is 0 Å². The van der Waals surface area contributed by atoms with Crippen LogP contribution < -0.4 is 5.43 Å². The molecular weight excluding hydrogens is 364 g/mol. The smallest absolute Gasteiger partial charge is 0.254 e. The fourth-order valence-electron chi connectivity index (χ4n) is 3.55. The van der Waals surface area contributed by atoms with Crippen LogP contribution in [0.25, 0.3) is 0 Å². The van der Waals surface area contributed by atoms with E-state index in [9.17, 15) is 9.90 Å². The molecule has 3 rings (SSSR count). The quantitative estimate of drug-likeness (QED) is 0.534. The standard InChI is InChI=1S/C23H30N4O2/c1-2-7-20-10-6-11-21(23(20)29)16-24-25-22(28)18-27-14-12-26(13-15-27)17-19-8-4-3-5-9-19/h3-6,8-11,16,29H,2,7,12-15,17-18H2,1H3,(H,25,28)/b24-16+. The Bertz CT molecular complexity index is 815. The van der Waals surface area contributed by atoms with E-state index in [-0.39, 0.29) is 11.7 Å². The first kappa shape index (κ1) is 21.0. The Morgan fingerprint density at radius 3 is 2.52 bits per heavy atom. The molecule has 0 unspecified atom stereocenters. The van der Waals surface area contributed by atoms with Gasteiger partial charge in [-0.1, -0.05) is 55.8 Å². The van der Waals surface area contributed by atoms with Crippen LogP contribution in [-0.4, -0.2) is 59.8 Å². The van der Waals surface area contributed by atoms with Crippen LogP contribution in [-0.2, 0) is 17.8 Å². The summed E-state index contributed by atoms with van der Waals surface area (Å²) in [5.41, 5.74) is 5.41. The molecule has 0 aliphatic carbocycles. The first-order chi connectivity index (χ1) is 14.2. The highest BCUT2D eigenvalue weighted by Gasteiger charge is 2.18. The zero-order chi connectivity index (χ0) is 20.5. The van der Waals surface area contributed by atoms with E-state index in [1.807, 2.05) is 18.2 Å². The minimum atomic E-state index is -0.137. The zero-order valence-corrected chi connectivity index (χ0v) is 17.1. The maximum absolute atomic E-state index is 12.2. The number of carbonyl (C=O) groups is 1. The van der Waals surface area contributed by atoms with Gasteiger partial charge >= 0.3 is 0 Å². The average molecular weight is 395 g/mol. The number of hydrazone groups is 1. The molecule has 1 aliphatic heterocycles. The monoisotopic (exact) mass is 394 g/mol. The first-order valence-corrected chi connectivity index (χ1v) is 10.3. The van der Waals surface area contributed by atoms with Gasteiger partial charge in [0.15, 0.2) is 0 Å². The van der Waals surface area contributed by atoms with Crippen molar-refractivity contribution in [2.45, 2.75) is 26.3 Å². The van der Waals surface area contributed by atoms with Gasteiger partial charge in [-0.05, 0) is 23.6 Å². The maximum Gasteiger partial charge on any atom is 0.254 e. The normalized spacial score (nSPS) is 15.6. The molecule has 0 atom stereocenters. The van der Waals surface area contributed by atoms with Gasteiger partial charge in [0.25, 0.3) is 5.91 Å². The Hall–Kier alpha value is -2.70. The Morgan fingerprint density at radius 2 is 1.79 bits per heavy atom. The number of benzene rings is 2. The summed E-state index contributed by atoms with van der Waals surface area (Å²) in [5.74, 6) is 0.101. The molecule has 2 aromatic rings. The number of nitrogens with zero attached hydrogens (tertiary/aromatic N) is 3. The number of phenols is 1. The van der Waals surface area contributed by atoms with E-state index >= 15 is 0 Å². The number of hydrogen-bond acceptors (Lipinski definition) is 5. The summed E-state index contributed by atoms with van der Waals surface area (Å²) >= 11 is 0. The predicted molar refractivity (Wildman–Crippen MR) is 116 cm³/mol. The van der Waals surface area contributed by atoms with Gasteiger partial charge in [-0.25, -0.2) is 5.43 Å². The number of aryl methyl sites for hydroxylation is 1. The van der Waals surface area contributed by atoms with Crippen LogP contribution in [0.15, 0.2) is 53.6 Å². The zero-order valence-electron chi connectivity index (χ0n) is 17.1. The maximum atomic E-state index is 12.2. The molecule has 29 heavy (non-hydrogen) atoms. The molecule has 2 N–H and O–H groups in total. The van der Waals surface area contributed by atoms with Gasteiger partial charge in [-0.2, -0.15) is 5.10 Å². The molecule has 1 aliphatic rings. The summed E-state index contributed by atoms with van der Waals surface area (Å²) in [6.45, 7) is 6.98. The number of nitrogens with one attached hydrogen (secondary N) is 1. The number of para-hydroxylation sites is 1. The van der Waals surface area contributed by atoms with Crippen LogP contribution in [0, 0.1) is 0 Å². The third-order valence-corrected chi connectivity index (χ3v) is 5.14. The molecular formula is C23H30N4O2. The number of rotatable bonds is 8. The topological polar surface area (TPSA) is 68.2 Å². The van der Waals surface area contributed by atoms with Crippen LogP contribution in [0.4, 0.5) is 0 Å². The lowest BCUT2D eigenvalue weighted by atomic mass is 10.1. The summed E-state index contributed by atoms with van der Waals surface area (Å²) in [6.07, 6.45) is 3.28. The summed E-state index contributed by atoms with van der Waals surface area (Å²) in [4.78, 5) is 16.7. The molecule has 0 saturated carbocycles. The number of piperazine rings is 1. The molecule has 1 fully saturated rings. The number of amides is 1. The van der Waals surface area contributed by atoms with Crippen LogP contribution >= 0.6 is 0 Å². The Balaban J connectivity index is 1.41. The molecule has 0 spiro atoms. The number of hydrogen-bond donors (Lipinski definition) is 2. The highest BCUT2D eigenvalue weighted by atomic mass is 16.3. The van der Waals surface area contributed by atoms with Gasteiger partial charge in [0.1, 0.15) is 5.75 Å². The van der Waals surface area contributed by atoms with Gasteiger partial charge in [-0.3, -0.25) is 14.6 Å². The second kappa shape index (κ2) is 10.7. The van der Waals surface area contributed by atoms with Crippen LogP contribution in [0.1, 0.15) is 30.0 Å². The summed E-state index contributed by atoms with van der Waals surface area (Å²) < 4.78 is 0. The molecule has 1 heterocycles. The Kier molecular flexibility index (Phi) is 7.78.